The Bertz CT molecular complexity index is 599. The maximum absolute atomic E-state index is 11.3. The molecule has 0 radical (unpaired) electrons. The van der Waals surface area contributed by atoms with Gasteiger partial charge in [0.1, 0.15) is 12.3 Å². The summed E-state index contributed by atoms with van der Waals surface area (Å²) >= 11 is 0. The SMILES string of the molecule is O=C(O)CNC(=O)CCCCCCCCCCCOc1ccc(C(=O)O)cc1. The zero-order chi connectivity index (χ0) is 20.6. The van der Waals surface area contributed by atoms with Gasteiger partial charge in [-0.3, -0.25) is 9.59 Å². The fourth-order valence-electron chi connectivity index (χ4n) is 2.77. The lowest BCUT2D eigenvalue weighted by molar-refractivity contribution is -0.137. The van der Waals surface area contributed by atoms with Crippen LogP contribution in [0.3, 0.4) is 0 Å². The number of hydrogen-bond acceptors (Lipinski definition) is 4. The molecule has 0 unspecified atom stereocenters. The summed E-state index contributed by atoms with van der Waals surface area (Å²) in [5, 5.41) is 19.7. The van der Waals surface area contributed by atoms with Crippen LogP contribution in [0.1, 0.15) is 74.6 Å². The first-order valence-electron chi connectivity index (χ1n) is 9.93. The van der Waals surface area contributed by atoms with Gasteiger partial charge in [-0.05, 0) is 37.1 Å². The molecule has 0 aliphatic carbocycles. The molecule has 28 heavy (non-hydrogen) atoms. The van der Waals surface area contributed by atoms with Crippen LogP contribution < -0.4 is 10.1 Å². The highest BCUT2D eigenvalue weighted by Crippen LogP contribution is 2.14. The molecule has 0 saturated carbocycles. The number of amides is 1. The van der Waals surface area contributed by atoms with E-state index in [0.29, 0.717) is 18.8 Å². The second-order valence-electron chi connectivity index (χ2n) is 6.78. The molecule has 0 spiro atoms. The number of unbranched alkanes of at least 4 members (excludes halogenated alkanes) is 8. The first kappa shape index (κ1) is 23.5. The number of rotatable bonds is 16. The highest BCUT2D eigenvalue weighted by molar-refractivity contribution is 5.87. The van der Waals surface area contributed by atoms with Gasteiger partial charge in [0.25, 0.3) is 0 Å². The van der Waals surface area contributed by atoms with Crippen molar-refractivity contribution in [2.45, 2.75) is 64.2 Å². The molecule has 0 heterocycles. The molecule has 0 saturated heterocycles. The van der Waals surface area contributed by atoms with Crippen molar-refractivity contribution in [2.24, 2.45) is 0 Å². The zero-order valence-corrected chi connectivity index (χ0v) is 16.3. The molecular formula is C21H31NO6. The van der Waals surface area contributed by atoms with Crippen molar-refractivity contribution in [1.82, 2.24) is 5.32 Å². The van der Waals surface area contributed by atoms with E-state index in [1.165, 1.54) is 19.3 Å². The number of carboxylic acids is 2. The number of benzene rings is 1. The largest absolute Gasteiger partial charge is 0.494 e. The van der Waals surface area contributed by atoms with E-state index in [0.717, 1.165) is 38.5 Å². The predicted octanol–water partition coefficient (Wildman–Crippen LogP) is 3.87. The number of hydrogen-bond donors (Lipinski definition) is 3. The Morgan fingerprint density at radius 3 is 1.86 bits per heavy atom. The molecular weight excluding hydrogens is 362 g/mol. The molecule has 0 aromatic heterocycles. The molecule has 0 aliphatic heterocycles. The van der Waals surface area contributed by atoms with Crippen LogP contribution in [0.5, 0.6) is 5.75 Å². The molecule has 1 rings (SSSR count). The van der Waals surface area contributed by atoms with Crippen molar-refractivity contribution in [3.63, 3.8) is 0 Å². The Morgan fingerprint density at radius 1 is 0.786 bits per heavy atom. The molecule has 1 aromatic rings. The smallest absolute Gasteiger partial charge is 0.335 e. The highest BCUT2D eigenvalue weighted by Gasteiger charge is 2.03. The maximum Gasteiger partial charge on any atom is 0.335 e. The summed E-state index contributed by atoms with van der Waals surface area (Å²) in [5.74, 6) is -1.45. The number of aromatic carboxylic acids is 1. The van der Waals surface area contributed by atoms with E-state index >= 15 is 0 Å². The van der Waals surface area contributed by atoms with Gasteiger partial charge in [-0.1, -0.05) is 44.9 Å². The summed E-state index contributed by atoms with van der Waals surface area (Å²) in [6, 6.07) is 6.44. The predicted molar refractivity (Wildman–Crippen MR) is 106 cm³/mol. The molecule has 0 atom stereocenters. The minimum Gasteiger partial charge on any atom is -0.494 e. The second-order valence-corrected chi connectivity index (χ2v) is 6.78. The van der Waals surface area contributed by atoms with Gasteiger partial charge >= 0.3 is 11.9 Å². The Labute approximate surface area is 166 Å². The standard InChI is InChI=1S/C21H31NO6/c23-19(22-16-20(24)25)10-8-6-4-2-1-3-5-7-9-15-28-18-13-11-17(12-14-18)21(26)27/h11-14H,1-10,15-16H2,(H,22,23)(H,24,25)(H,26,27). The quantitative estimate of drug-likeness (QED) is 0.368. The normalized spacial score (nSPS) is 10.4. The van der Waals surface area contributed by atoms with Gasteiger partial charge in [0.15, 0.2) is 0 Å². The third kappa shape index (κ3) is 11.9. The van der Waals surface area contributed by atoms with Crippen molar-refractivity contribution in [3.8, 4) is 5.75 Å². The highest BCUT2D eigenvalue weighted by atomic mass is 16.5. The second kappa shape index (κ2) is 14.5. The van der Waals surface area contributed by atoms with E-state index in [2.05, 4.69) is 5.32 Å². The zero-order valence-electron chi connectivity index (χ0n) is 16.3. The van der Waals surface area contributed by atoms with Crippen LogP contribution in [0.15, 0.2) is 24.3 Å². The fourth-order valence-corrected chi connectivity index (χ4v) is 2.77. The number of carboxylic acid groups (broad SMARTS) is 2. The Hall–Kier alpha value is -2.57. The van der Waals surface area contributed by atoms with E-state index < -0.39 is 11.9 Å². The van der Waals surface area contributed by atoms with Crippen LogP contribution in [-0.4, -0.2) is 41.2 Å². The van der Waals surface area contributed by atoms with Gasteiger partial charge in [0.05, 0.1) is 12.2 Å². The van der Waals surface area contributed by atoms with Crippen molar-refractivity contribution >= 4 is 17.8 Å². The number of aliphatic carboxylic acids is 1. The average Bonchev–Trinajstić information content (AvgIpc) is 2.67. The number of carbonyl (C=O) groups is 3. The third-order valence-electron chi connectivity index (χ3n) is 4.35. The van der Waals surface area contributed by atoms with Crippen LogP contribution in [0.4, 0.5) is 0 Å². The summed E-state index contributed by atoms with van der Waals surface area (Å²) in [6.45, 7) is 0.331. The summed E-state index contributed by atoms with van der Waals surface area (Å²) in [6.07, 6.45) is 10.1. The lowest BCUT2D eigenvalue weighted by Crippen LogP contribution is -2.28. The van der Waals surface area contributed by atoms with Gasteiger partial charge < -0.3 is 20.3 Å². The number of ether oxygens (including phenoxy) is 1. The minimum atomic E-state index is -1.02. The molecule has 0 bridgehead atoms. The summed E-state index contributed by atoms with van der Waals surface area (Å²) in [7, 11) is 0. The van der Waals surface area contributed by atoms with Crippen LogP contribution in [0.2, 0.25) is 0 Å². The molecule has 156 valence electrons. The van der Waals surface area contributed by atoms with Crippen molar-refractivity contribution in [3.05, 3.63) is 29.8 Å². The topological polar surface area (TPSA) is 113 Å². The van der Waals surface area contributed by atoms with Gasteiger partial charge in [-0.25, -0.2) is 4.79 Å². The molecule has 7 nitrogen and oxygen atoms in total. The van der Waals surface area contributed by atoms with E-state index in [4.69, 9.17) is 14.9 Å². The Morgan fingerprint density at radius 2 is 1.32 bits per heavy atom. The van der Waals surface area contributed by atoms with Gasteiger partial charge in [-0.2, -0.15) is 0 Å². The van der Waals surface area contributed by atoms with E-state index in [1.807, 2.05) is 0 Å². The molecule has 0 aliphatic rings. The van der Waals surface area contributed by atoms with E-state index in [9.17, 15) is 14.4 Å². The van der Waals surface area contributed by atoms with Crippen molar-refractivity contribution in [2.75, 3.05) is 13.2 Å². The lowest BCUT2D eigenvalue weighted by atomic mass is 10.1. The van der Waals surface area contributed by atoms with E-state index in [1.54, 1.807) is 24.3 Å². The van der Waals surface area contributed by atoms with Crippen molar-refractivity contribution in [1.29, 1.82) is 0 Å². The Kier molecular flexibility index (Phi) is 12.1. The summed E-state index contributed by atoms with van der Waals surface area (Å²) in [5.41, 5.74) is 0.258. The van der Waals surface area contributed by atoms with E-state index in [-0.39, 0.29) is 18.0 Å². The first-order valence-corrected chi connectivity index (χ1v) is 9.93. The number of carbonyl (C=O) groups excluding carboxylic acids is 1. The molecule has 1 amide bonds. The third-order valence-corrected chi connectivity index (χ3v) is 4.35. The summed E-state index contributed by atoms with van der Waals surface area (Å²) < 4.78 is 5.60. The lowest BCUT2D eigenvalue weighted by Gasteiger charge is -2.06. The van der Waals surface area contributed by atoms with Gasteiger partial charge in [0.2, 0.25) is 5.91 Å². The van der Waals surface area contributed by atoms with Gasteiger partial charge in [0, 0.05) is 6.42 Å². The minimum absolute atomic E-state index is 0.192. The van der Waals surface area contributed by atoms with Gasteiger partial charge in [-0.15, -0.1) is 0 Å². The van der Waals surface area contributed by atoms with Crippen LogP contribution in [-0.2, 0) is 9.59 Å². The fraction of sp³-hybridized carbons (Fsp3) is 0.571. The molecule has 0 fully saturated rings. The van der Waals surface area contributed by atoms with Crippen LogP contribution in [0.25, 0.3) is 0 Å². The Balaban J connectivity index is 1.87. The molecule has 3 N–H and O–H groups in total. The maximum atomic E-state index is 11.3. The summed E-state index contributed by atoms with van der Waals surface area (Å²) in [4.78, 5) is 32.4. The molecule has 1 aromatic carbocycles. The van der Waals surface area contributed by atoms with Crippen LogP contribution >= 0.6 is 0 Å². The average molecular weight is 393 g/mol. The first-order chi connectivity index (χ1) is 13.5. The molecule has 7 heteroatoms. The number of nitrogens with one attached hydrogen (secondary N) is 1. The van der Waals surface area contributed by atoms with Crippen LogP contribution in [0, 0.1) is 0 Å². The monoisotopic (exact) mass is 393 g/mol. The van der Waals surface area contributed by atoms with Crippen molar-refractivity contribution < 1.29 is 29.3 Å².